The molecule has 42 valence electrons. The molecule has 0 aromatic rings. The number of hydrogen-bond acceptors (Lipinski definition) is 2. The summed E-state index contributed by atoms with van der Waals surface area (Å²) in [6, 6.07) is -1.96. The largest absolute Gasteiger partial charge is 0.396 e. The minimum Gasteiger partial charge on any atom is -0.396 e. The third-order valence-electron chi connectivity index (χ3n) is 0.229. The van der Waals surface area contributed by atoms with Crippen LogP contribution in [0.15, 0.2) is 12.1 Å². The van der Waals surface area contributed by atoms with Crippen molar-refractivity contribution in [3.05, 3.63) is 12.1 Å². The zero-order chi connectivity index (χ0) is 5.86. The molecule has 0 unspecified atom stereocenters. The van der Waals surface area contributed by atoms with Crippen molar-refractivity contribution >= 4 is 12.9 Å². The van der Waals surface area contributed by atoms with Gasteiger partial charge in [0.2, 0.25) is 0 Å². The van der Waals surface area contributed by atoms with E-state index in [9.17, 15) is 13.2 Å². The van der Waals surface area contributed by atoms with Crippen LogP contribution in [0.2, 0.25) is 0 Å². The standard InChI is InChI=1S/C2HF3OS/c3-1(4)2(5)6-7/h7H. The second-order valence-electron chi connectivity index (χ2n) is 0.625. The van der Waals surface area contributed by atoms with Crippen LogP contribution in [0.4, 0.5) is 13.2 Å². The molecule has 0 aromatic heterocycles. The van der Waals surface area contributed by atoms with Gasteiger partial charge in [0.15, 0.2) is 0 Å². The van der Waals surface area contributed by atoms with Crippen molar-refractivity contribution in [3.63, 3.8) is 0 Å². The second-order valence-corrected chi connectivity index (χ2v) is 0.808. The van der Waals surface area contributed by atoms with Crippen molar-refractivity contribution in [1.82, 2.24) is 0 Å². The molecule has 1 nitrogen and oxygen atoms in total. The predicted octanol–water partition coefficient (Wildman–Crippen LogP) is 1.88. The van der Waals surface area contributed by atoms with E-state index in [2.05, 4.69) is 17.1 Å². The van der Waals surface area contributed by atoms with Crippen LogP contribution in [0.5, 0.6) is 0 Å². The first-order chi connectivity index (χ1) is 3.18. The van der Waals surface area contributed by atoms with E-state index in [4.69, 9.17) is 0 Å². The summed E-state index contributed by atoms with van der Waals surface area (Å²) in [6.07, 6.45) is -2.50. The van der Waals surface area contributed by atoms with Crippen LogP contribution < -0.4 is 0 Å². The number of halogens is 3. The predicted molar refractivity (Wildman–Crippen MR) is 20.4 cm³/mol. The Labute approximate surface area is 43.4 Å². The Kier molecular flexibility index (Phi) is 2.66. The van der Waals surface area contributed by atoms with Gasteiger partial charge in [0.05, 0.1) is 0 Å². The summed E-state index contributed by atoms with van der Waals surface area (Å²) in [5.74, 6) is 0. The molecule has 7 heavy (non-hydrogen) atoms. The summed E-state index contributed by atoms with van der Waals surface area (Å²) < 4.78 is 35.8. The molecule has 0 amide bonds. The molecule has 5 heteroatoms. The van der Waals surface area contributed by atoms with Crippen LogP contribution in [0.1, 0.15) is 0 Å². The van der Waals surface area contributed by atoms with Gasteiger partial charge in [-0.15, -0.1) is 0 Å². The third-order valence-corrected chi connectivity index (χ3v) is 0.389. The fourth-order valence-corrected chi connectivity index (χ4v) is 0.104. The average Bonchev–Trinajstić information content (AvgIpc) is 1.65. The Morgan fingerprint density at radius 3 is 1.71 bits per heavy atom. The van der Waals surface area contributed by atoms with Gasteiger partial charge in [-0.05, 0) is 0 Å². The van der Waals surface area contributed by atoms with Crippen LogP contribution >= 0.6 is 12.9 Å². The van der Waals surface area contributed by atoms with Crippen LogP contribution in [-0.2, 0) is 4.18 Å². The smallest absolute Gasteiger partial charge is 0.351 e. The molecular weight excluding hydrogens is 129 g/mol. The molecule has 0 fully saturated rings. The Balaban J connectivity index is 3.72. The molecule has 0 aliphatic rings. The maximum Gasteiger partial charge on any atom is 0.351 e. The highest BCUT2D eigenvalue weighted by atomic mass is 32.1. The van der Waals surface area contributed by atoms with Crippen molar-refractivity contribution in [2.24, 2.45) is 0 Å². The van der Waals surface area contributed by atoms with Crippen LogP contribution in [0.25, 0.3) is 0 Å². The molecule has 0 radical (unpaired) electrons. The van der Waals surface area contributed by atoms with E-state index in [0.717, 1.165) is 0 Å². The highest BCUT2D eigenvalue weighted by molar-refractivity contribution is 7.75. The summed E-state index contributed by atoms with van der Waals surface area (Å²) in [5, 5.41) is 0. The number of hydrogen-bond donors (Lipinski definition) is 1. The van der Waals surface area contributed by atoms with Crippen LogP contribution in [-0.4, -0.2) is 0 Å². The zero-order valence-electron chi connectivity index (χ0n) is 2.99. The lowest BCUT2D eigenvalue weighted by atomic mass is 11.0. The van der Waals surface area contributed by atoms with Crippen molar-refractivity contribution < 1.29 is 17.4 Å². The van der Waals surface area contributed by atoms with Gasteiger partial charge in [0.1, 0.15) is 0 Å². The molecule has 0 aliphatic carbocycles. The summed E-state index contributed by atoms with van der Waals surface area (Å²) in [5.41, 5.74) is 0. The molecule has 0 saturated heterocycles. The lowest BCUT2D eigenvalue weighted by molar-refractivity contribution is 0.269. The van der Waals surface area contributed by atoms with E-state index >= 15 is 0 Å². The number of rotatable bonds is 1. The van der Waals surface area contributed by atoms with Gasteiger partial charge < -0.3 is 4.18 Å². The quantitative estimate of drug-likeness (QED) is 0.324. The zero-order valence-corrected chi connectivity index (χ0v) is 3.88. The normalized spacial score (nSPS) is 8.00. The highest BCUT2D eigenvalue weighted by Crippen LogP contribution is 2.10. The first kappa shape index (κ1) is 6.68. The van der Waals surface area contributed by atoms with E-state index in [1.54, 1.807) is 0 Å². The molecule has 0 spiro atoms. The molecule has 0 aliphatic heterocycles. The van der Waals surface area contributed by atoms with Crippen molar-refractivity contribution in [2.75, 3.05) is 0 Å². The maximum absolute atomic E-state index is 11.1. The Bertz CT molecular complexity index is 86.9. The van der Waals surface area contributed by atoms with E-state index in [1.165, 1.54) is 0 Å². The van der Waals surface area contributed by atoms with E-state index in [-0.39, 0.29) is 0 Å². The lowest BCUT2D eigenvalue weighted by Crippen LogP contribution is -1.70. The minimum atomic E-state index is -2.50. The van der Waals surface area contributed by atoms with Crippen molar-refractivity contribution in [2.45, 2.75) is 0 Å². The summed E-state index contributed by atoms with van der Waals surface area (Å²) in [4.78, 5) is 0. The molecule has 0 N–H and O–H groups in total. The molecule has 0 heterocycles. The second kappa shape index (κ2) is 2.79. The van der Waals surface area contributed by atoms with Crippen molar-refractivity contribution in [1.29, 1.82) is 0 Å². The maximum atomic E-state index is 11.1. The van der Waals surface area contributed by atoms with Gasteiger partial charge in [-0.3, -0.25) is 0 Å². The Morgan fingerprint density at radius 1 is 1.29 bits per heavy atom. The first-order valence-electron chi connectivity index (χ1n) is 1.20. The van der Waals surface area contributed by atoms with Crippen LogP contribution in [0, 0.1) is 0 Å². The Hall–Kier alpha value is -0.320. The van der Waals surface area contributed by atoms with E-state index < -0.39 is 12.1 Å². The van der Waals surface area contributed by atoms with Crippen LogP contribution in [0.3, 0.4) is 0 Å². The monoisotopic (exact) mass is 130 g/mol. The third kappa shape index (κ3) is 2.38. The summed E-state index contributed by atoms with van der Waals surface area (Å²) >= 11 is 2.74. The average molecular weight is 130 g/mol. The molecule has 0 saturated carbocycles. The van der Waals surface area contributed by atoms with E-state index in [1.807, 2.05) is 0 Å². The number of thiol groups is 1. The molecule has 0 bridgehead atoms. The minimum absolute atomic E-state index is 1.96. The van der Waals surface area contributed by atoms with E-state index in [0.29, 0.717) is 0 Å². The fraction of sp³-hybridized carbons (Fsp3) is 0. The summed E-state index contributed by atoms with van der Waals surface area (Å²) in [6.45, 7) is 0. The van der Waals surface area contributed by atoms with Crippen molar-refractivity contribution in [3.8, 4) is 0 Å². The molecule has 0 rings (SSSR count). The summed E-state index contributed by atoms with van der Waals surface area (Å²) in [7, 11) is 0. The van der Waals surface area contributed by atoms with Gasteiger partial charge in [-0.2, -0.15) is 13.2 Å². The molecule has 0 atom stereocenters. The molecular formula is C2HF3OS. The highest BCUT2D eigenvalue weighted by Gasteiger charge is 2.01. The fourth-order valence-electron chi connectivity index (χ4n) is 0.0345. The lowest BCUT2D eigenvalue weighted by Gasteiger charge is -1.84. The molecule has 0 aromatic carbocycles. The first-order valence-corrected chi connectivity index (χ1v) is 1.57. The SMILES string of the molecule is FC(F)=C(F)OS. The van der Waals surface area contributed by atoms with Gasteiger partial charge in [-0.25, -0.2) is 0 Å². The van der Waals surface area contributed by atoms with Gasteiger partial charge >= 0.3 is 12.1 Å². The topological polar surface area (TPSA) is 9.23 Å². The van der Waals surface area contributed by atoms with Gasteiger partial charge in [-0.1, -0.05) is 0 Å². The Morgan fingerprint density at radius 2 is 1.71 bits per heavy atom. The van der Waals surface area contributed by atoms with Gasteiger partial charge in [0.25, 0.3) is 0 Å². The van der Waals surface area contributed by atoms with Gasteiger partial charge in [0, 0.05) is 12.9 Å².